The van der Waals surface area contributed by atoms with Crippen molar-refractivity contribution in [3.8, 4) is 0 Å². The normalized spacial score (nSPS) is 11.2. The molecule has 0 atom stereocenters. The van der Waals surface area contributed by atoms with Gasteiger partial charge in [-0.15, -0.1) is 0 Å². The highest BCUT2D eigenvalue weighted by Crippen LogP contribution is 2.23. The summed E-state index contributed by atoms with van der Waals surface area (Å²) in [5.41, 5.74) is 0.337. The van der Waals surface area contributed by atoms with E-state index in [9.17, 15) is 9.59 Å². The van der Waals surface area contributed by atoms with Crippen LogP contribution in [0.5, 0.6) is 0 Å². The molecule has 0 heterocycles. The van der Waals surface area contributed by atoms with Crippen molar-refractivity contribution in [2.75, 3.05) is 20.6 Å². The smallest absolute Gasteiger partial charge is 0.324 e. The fourth-order valence-electron chi connectivity index (χ4n) is 2.61. The van der Waals surface area contributed by atoms with Gasteiger partial charge in [0.05, 0.1) is 0 Å². The first kappa shape index (κ1) is 19.7. The van der Waals surface area contributed by atoms with E-state index in [1.54, 1.807) is 25.9 Å². The molecule has 0 spiro atoms. The van der Waals surface area contributed by atoms with E-state index in [-0.39, 0.29) is 19.8 Å². The van der Waals surface area contributed by atoms with Gasteiger partial charge < -0.3 is 14.4 Å². The van der Waals surface area contributed by atoms with Gasteiger partial charge in [-0.1, -0.05) is 60.7 Å². The van der Waals surface area contributed by atoms with Crippen molar-refractivity contribution in [1.82, 2.24) is 4.90 Å². The van der Waals surface area contributed by atoms with E-state index < -0.39 is 17.4 Å². The van der Waals surface area contributed by atoms with Gasteiger partial charge in [0.1, 0.15) is 13.2 Å². The van der Waals surface area contributed by atoms with Gasteiger partial charge in [-0.3, -0.25) is 9.59 Å². The molecule has 2 aromatic carbocycles. The Kier molecular flexibility index (Phi) is 6.92. The third-order valence-corrected chi connectivity index (χ3v) is 3.96. The van der Waals surface area contributed by atoms with Gasteiger partial charge in [0.2, 0.25) is 0 Å². The summed E-state index contributed by atoms with van der Waals surface area (Å²) in [5, 5.41) is 0. The Labute approximate surface area is 154 Å². The molecule has 0 saturated heterocycles. The second kappa shape index (κ2) is 9.15. The molecule has 26 heavy (non-hydrogen) atoms. The van der Waals surface area contributed by atoms with Crippen LogP contribution >= 0.6 is 0 Å². The van der Waals surface area contributed by atoms with Crippen molar-refractivity contribution in [3.05, 3.63) is 71.8 Å². The Hall–Kier alpha value is -2.66. The second-order valence-corrected chi connectivity index (χ2v) is 6.69. The van der Waals surface area contributed by atoms with Gasteiger partial charge in [0, 0.05) is 6.54 Å². The number of esters is 2. The van der Waals surface area contributed by atoms with E-state index in [1.165, 1.54) is 0 Å². The predicted octanol–water partition coefficient (Wildman–Crippen LogP) is 3.04. The Morgan fingerprint density at radius 3 is 1.54 bits per heavy atom. The van der Waals surface area contributed by atoms with Crippen LogP contribution in [0.4, 0.5) is 0 Å². The van der Waals surface area contributed by atoms with Crippen LogP contribution in [0.15, 0.2) is 60.7 Å². The number of nitrogens with zero attached hydrogens (tertiary/aromatic N) is 1. The lowest BCUT2D eigenvalue weighted by Gasteiger charge is -2.28. The summed E-state index contributed by atoms with van der Waals surface area (Å²) in [4.78, 5) is 27.1. The van der Waals surface area contributed by atoms with E-state index in [1.807, 2.05) is 60.7 Å². The molecule has 0 aromatic heterocycles. The number of carbonyl (C=O) groups excluding carboxylic acids is 2. The highest BCUT2D eigenvalue weighted by Gasteiger charge is 2.45. The standard InChI is InChI=1S/C21H25NO4/c1-21(16-22(2)3,19(23)25-14-17-10-6-4-7-11-17)20(24)26-15-18-12-8-5-9-13-18/h4-13H,14-16H2,1-3H3. The number of hydrogen-bond acceptors (Lipinski definition) is 5. The third-order valence-electron chi connectivity index (χ3n) is 3.96. The Balaban J connectivity index is 2.04. The number of hydrogen-bond donors (Lipinski definition) is 0. The molecular formula is C21H25NO4. The minimum atomic E-state index is -1.40. The fourth-order valence-corrected chi connectivity index (χ4v) is 2.61. The average molecular weight is 355 g/mol. The molecule has 0 aliphatic carbocycles. The number of benzene rings is 2. The van der Waals surface area contributed by atoms with Crippen LogP contribution in [0.3, 0.4) is 0 Å². The molecule has 2 rings (SSSR count). The molecule has 0 amide bonds. The molecule has 2 aromatic rings. The molecular weight excluding hydrogens is 330 g/mol. The zero-order chi connectivity index (χ0) is 19.0. The van der Waals surface area contributed by atoms with Crippen LogP contribution in [-0.2, 0) is 32.3 Å². The van der Waals surface area contributed by atoms with E-state index in [2.05, 4.69) is 0 Å². The van der Waals surface area contributed by atoms with E-state index >= 15 is 0 Å². The lowest BCUT2D eigenvalue weighted by molar-refractivity contribution is -0.174. The largest absolute Gasteiger partial charge is 0.460 e. The monoisotopic (exact) mass is 355 g/mol. The maximum Gasteiger partial charge on any atom is 0.324 e. The number of ether oxygens (including phenoxy) is 2. The number of rotatable bonds is 8. The molecule has 0 saturated carbocycles. The van der Waals surface area contributed by atoms with Gasteiger partial charge in [-0.2, -0.15) is 0 Å². The lowest BCUT2D eigenvalue weighted by Crippen LogP contribution is -2.46. The summed E-state index contributed by atoms with van der Waals surface area (Å²) in [6.07, 6.45) is 0. The molecule has 0 fully saturated rings. The average Bonchev–Trinajstić information content (AvgIpc) is 2.65. The first-order valence-electron chi connectivity index (χ1n) is 8.49. The van der Waals surface area contributed by atoms with Crippen molar-refractivity contribution >= 4 is 11.9 Å². The molecule has 0 N–H and O–H groups in total. The zero-order valence-electron chi connectivity index (χ0n) is 15.5. The van der Waals surface area contributed by atoms with Crippen LogP contribution in [0.25, 0.3) is 0 Å². The van der Waals surface area contributed by atoms with Gasteiger partial charge in [-0.25, -0.2) is 0 Å². The first-order valence-corrected chi connectivity index (χ1v) is 8.49. The summed E-state index contributed by atoms with van der Waals surface area (Å²) in [6.45, 7) is 2.01. The third kappa shape index (κ3) is 5.43. The molecule has 138 valence electrons. The summed E-state index contributed by atoms with van der Waals surface area (Å²) < 4.78 is 10.8. The predicted molar refractivity (Wildman–Crippen MR) is 99.1 cm³/mol. The SMILES string of the molecule is CN(C)CC(C)(C(=O)OCc1ccccc1)C(=O)OCc1ccccc1. The van der Waals surface area contributed by atoms with E-state index in [0.717, 1.165) is 11.1 Å². The quantitative estimate of drug-likeness (QED) is 0.538. The molecule has 5 nitrogen and oxygen atoms in total. The van der Waals surface area contributed by atoms with Gasteiger partial charge in [0.15, 0.2) is 5.41 Å². The van der Waals surface area contributed by atoms with Crippen molar-refractivity contribution in [2.24, 2.45) is 5.41 Å². The summed E-state index contributed by atoms with van der Waals surface area (Å²) in [7, 11) is 3.60. The minimum Gasteiger partial charge on any atom is -0.460 e. The van der Waals surface area contributed by atoms with E-state index in [4.69, 9.17) is 9.47 Å². The van der Waals surface area contributed by atoms with Crippen molar-refractivity contribution in [2.45, 2.75) is 20.1 Å². The topological polar surface area (TPSA) is 55.8 Å². The van der Waals surface area contributed by atoms with Gasteiger partial charge in [0.25, 0.3) is 0 Å². The number of carbonyl (C=O) groups is 2. The molecule has 0 bridgehead atoms. The maximum absolute atomic E-state index is 12.7. The van der Waals surface area contributed by atoms with Crippen molar-refractivity contribution in [3.63, 3.8) is 0 Å². The van der Waals surface area contributed by atoms with Crippen molar-refractivity contribution < 1.29 is 19.1 Å². The van der Waals surface area contributed by atoms with E-state index in [0.29, 0.717) is 0 Å². The highest BCUT2D eigenvalue weighted by molar-refractivity contribution is 5.99. The van der Waals surface area contributed by atoms with Crippen LogP contribution in [0.1, 0.15) is 18.1 Å². The summed E-state index contributed by atoms with van der Waals surface area (Å²) in [6, 6.07) is 18.7. The molecule has 5 heteroatoms. The van der Waals surface area contributed by atoms with Gasteiger partial charge >= 0.3 is 11.9 Å². The lowest BCUT2D eigenvalue weighted by atomic mass is 9.90. The Morgan fingerprint density at radius 2 is 1.19 bits per heavy atom. The van der Waals surface area contributed by atoms with Crippen LogP contribution in [-0.4, -0.2) is 37.5 Å². The van der Waals surface area contributed by atoms with Crippen LogP contribution in [0, 0.1) is 5.41 Å². The second-order valence-electron chi connectivity index (χ2n) is 6.69. The fraction of sp³-hybridized carbons (Fsp3) is 0.333. The molecule has 0 radical (unpaired) electrons. The molecule has 0 unspecified atom stereocenters. The zero-order valence-corrected chi connectivity index (χ0v) is 15.5. The van der Waals surface area contributed by atoms with Gasteiger partial charge in [-0.05, 0) is 32.1 Å². The summed E-state index contributed by atoms with van der Waals surface area (Å²) in [5.74, 6) is -1.18. The maximum atomic E-state index is 12.7. The van der Waals surface area contributed by atoms with Crippen LogP contribution < -0.4 is 0 Å². The Morgan fingerprint density at radius 1 is 0.808 bits per heavy atom. The Bertz CT molecular complexity index is 658. The van der Waals surface area contributed by atoms with Crippen LogP contribution in [0.2, 0.25) is 0 Å². The van der Waals surface area contributed by atoms with Crippen molar-refractivity contribution in [1.29, 1.82) is 0 Å². The molecule has 0 aliphatic rings. The first-order chi connectivity index (χ1) is 12.4. The summed E-state index contributed by atoms with van der Waals surface area (Å²) >= 11 is 0. The minimum absolute atomic E-state index is 0.120. The highest BCUT2D eigenvalue weighted by atomic mass is 16.6. The molecule has 0 aliphatic heterocycles.